The second-order valence-electron chi connectivity index (χ2n) is 3.86. The first-order valence-corrected chi connectivity index (χ1v) is 5.25. The van der Waals surface area contributed by atoms with Gasteiger partial charge in [0.2, 0.25) is 0 Å². The average Bonchev–Trinajstić information content (AvgIpc) is 2.18. The molecule has 0 aliphatic rings. The van der Waals surface area contributed by atoms with Gasteiger partial charge in [-0.25, -0.2) is 0 Å². The number of rotatable bonds is 4. The Balaban J connectivity index is 2.64. The molecule has 2 unspecified atom stereocenters. The number of nitrogens with two attached hydrogens (primary N) is 1. The molecule has 1 aromatic rings. The Labute approximate surface area is 86.5 Å². The zero-order chi connectivity index (χ0) is 10.6. The van der Waals surface area contributed by atoms with Crippen LogP contribution in [0.15, 0.2) is 24.3 Å². The predicted octanol–water partition coefficient (Wildman–Crippen LogP) is 2.92. The van der Waals surface area contributed by atoms with Crippen molar-refractivity contribution in [3.63, 3.8) is 0 Å². The summed E-state index contributed by atoms with van der Waals surface area (Å²) in [7, 11) is 0. The van der Waals surface area contributed by atoms with E-state index in [0.717, 1.165) is 6.42 Å². The van der Waals surface area contributed by atoms with E-state index in [1.54, 1.807) is 0 Å². The second kappa shape index (κ2) is 5.01. The summed E-state index contributed by atoms with van der Waals surface area (Å²) in [5, 5.41) is 3.42. The van der Waals surface area contributed by atoms with Crippen LogP contribution < -0.4 is 11.1 Å². The third-order valence-corrected chi connectivity index (χ3v) is 2.46. The summed E-state index contributed by atoms with van der Waals surface area (Å²) >= 11 is 0. The van der Waals surface area contributed by atoms with Crippen molar-refractivity contribution in [2.24, 2.45) is 5.73 Å². The van der Waals surface area contributed by atoms with Gasteiger partial charge in [0.15, 0.2) is 0 Å². The maximum Gasteiger partial charge on any atom is 0.0342 e. The van der Waals surface area contributed by atoms with Gasteiger partial charge in [0, 0.05) is 17.8 Å². The van der Waals surface area contributed by atoms with E-state index in [2.05, 4.69) is 43.4 Å². The third-order valence-electron chi connectivity index (χ3n) is 2.46. The van der Waals surface area contributed by atoms with Crippen molar-refractivity contribution in [2.45, 2.75) is 39.3 Å². The van der Waals surface area contributed by atoms with E-state index in [4.69, 9.17) is 5.73 Å². The van der Waals surface area contributed by atoms with Crippen molar-refractivity contribution in [3.05, 3.63) is 29.8 Å². The molecule has 2 atom stereocenters. The molecule has 2 heteroatoms. The first-order chi connectivity index (χ1) is 6.63. The molecular formula is C12H20N2. The van der Waals surface area contributed by atoms with Gasteiger partial charge in [0.1, 0.15) is 0 Å². The molecular weight excluding hydrogens is 172 g/mol. The summed E-state index contributed by atoms with van der Waals surface area (Å²) in [5.74, 6) is 0. The van der Waals surface area contributed by atoms with E-state index in [-0.39, 0.29) is 6.04 Å². The first-order valence-electron chi connectivity index (χ1n) is 5.25. The van der Waals surface area contributed by atoms with Crippen LogP contribution in [0.3, 0.4) is 0 Å². The Hall–Kier alpha value is -1.02. The van der Waals surface area contributed by atoms with Crippen LogP contribution in [-0.2, 0) is 0 Å². The van der Waals surface area contributed by atoms with E-state index in [9.17, 15) is 0 Å². The van der Waals surface area contributed by atoms with Crippen LogP contribution in [0, 0.1) is 0 Å². The molecule has 0 fully saturated rings. The smallest absolute Gasteiger partial charge is 0.0342 e. The zero-order valence-electron chi connectivity index (χ0n) is 9.25. The number of hydrogen-bond donors (Lipinski definition) is 2. The van der Waals surface area contributed by atoms with Gasteiger partial charge in [0.25, 0.3) is 0 Å². The molecule has 0 bridgehead atoms. The molecule has 0 aliphatic carbocycles. The molecule has 3 N–H and O–H groups in total. The van der Waals surface area contributed by atoms with Gasteiger partial charge in [-0.1, -0.05) is 19.1 Å². The highest BCUT2D eigenvalue weighted by Gasteiger charge is 2.00. The third kappa shape index (κ3) is 3.04. The molecule has 0 aliphatic heterocycles. The average molecular weight is 192 g/mol. The highest BCUT2D eigenvalue weighted by Crippen LogP contribution is 2.15. The summed E-state index contributed by atoms with van der Waals surface area (Å²) in [4.78, 5) is 0. The standard InChI is InChI=1S/C12H20N2/c1-4-9(2)14-12-7-5-11(6-8-12)10(3)13/h5-10,14H,4,13H2,1-3H3. The van der Waals surface area contributed by atoms with Crippen molar-refractivity contribution in [3.8, 4) is 0 Å². The lowest BCUT2D eigenvalue weighted by atomic mass is 10.1. The van der Waals surface area contributed by atoms with Crippen LogP contribution in [0.5, 0.6) is 0 Å². The van der Waals surface area contributed by atoms with Crippen LogP contribution in [0.1, 0.15) is 38.8 Å². The molecule has 0 saturated carbocycles. The van der Waals surface area contributed by atoms with E-state index in [1.165, 1.54) is 11.3 Å². The van der Waals surface area contributed by atoms with Crippen molar-refractivity contribution in [1.29, 1.82) is 0 Å². The molecule has 0 heterocycles. The topological polar surface area (TPSA) is 38.0 Å². The minimum absolute atomic E-state index is 0.118. The molecule has 2 nitrogen and oxygen atoms in total. The molecule has 14 heavy (non-hydrogen) atoms. The normalized spacial score (nSPS) is 14.9. The van der Waals surface area contributed by atoms with Crippen LogP contribution >= 0.6 is 0 Å². The van der Waals surface area contributed by atoms with Crippen LogP contribution in [0.25, 0.3) is 0 Å². The van der Waals surface area contributed by atoms with Crippen molar-refractivity contribution in [2.75, 3.05) is 5.32 Å². The fourth-order valence-electron chi connectivity index (χ4n) is 1.27. The van der Waals surface area contributed by atoms with Crippen molar-refractivity contribution in [1.82, 2.24) is 0 Å². The predicted molar refractivity (Wildman–Crippen MR) is 62.4 cm³/mol. The molecule has 0 radical (unpaired) electrons. The van der Waals surface area contributed by atoms with Gasteiger partial charge in [-0.05, 0) is 38.0 Å². The number of anilines is 1. The SMILES string of the molecule is CCC(C)Nc1ccc(C(C)N)cc1. The molecule has 0 amide bonds. The molecule has 1 aromatic carbocycles. The highest BCUT2D eigenvalue weighted by atomic mass is 14.9. The Bertz CT molecular complexity index is 264. The number of benzene rings is 1. The van der Waals surface area contributed by atoms with E-state index in [1.807, 2.05) is 6.92 Å². The quantitative estimate of drug-likeness (QED) is 0.769. The summed E-state index contributed by atoms with van der Waals surface area (Å²) < 4.78 is 0. The van der Waals surface area contributed by atoms with Crippen LogP contribution in [-0.4, -0.2) is 6.04 Å². The fraction of sp³-hybridized carbons (Fsp3) is 0.500. The lowest BCUT2D eigenvalue weighted by Crippen LogP contribution is -2.13. The van der Waals surface area contributed by atoms with Gasteiger partial charge < -0.3 is 11.1 Å². The number of hydrogen-bond acceptors (Lipinski definition) is 2. The van der Waals surface area contributed by atoms with Gasteiger partial charge >= 0.3 is 0 Å². The van der Waals surface area contributed by atoms with Crippen molar-refractivity contribution >= 4 is 5.69 Å². The Morgan fingerprint density at radius 2 is 1.79 bits per heavy atom. The minimum atomic E-state index is 0.118. The molecule has 78 valence electrons. The van der Waals surface area contributed by atoms with Gasteiger partial charge in [-0.2, -0.15) is 0 Å². The molecule has 1 rings (SSSR count). The Kier molecular flexibility index (Phi) is 3.96. The number of nitrogens with one attached hydrogen (secondary N) is 1. The Morgan fingerprint density at radius 1 is 1.21 bits per heavy atom. The Morgan fingerprint density at radius 3 is 2.21 bits per heavy atom. The van der Waals surface area contributed by atoms with Crippen molar-refractivity contribution < 1.29 is 0 Å². The summed E-state index contributed by atoms with van der Waals surface area (Å²) in [6.07, 6.45) is 1.13. The summed E-state index contributed by atoms with van der Waals surface area (Å²) in [5.41, 5.74) is 8.12. The molecule has 0 spiro atoms. The molecule has 0 aromatic heterocycles. The zero-order valence-corrected chi connectivity index (χ0v) is 9.25. The molecule has 0 saturated heterocycles. The van der Waals surface area contributed by atoms with Gasteiger partial charge in [-0.3, -0.25) is 0 Å². The summed E-state index contributed by atoms with van der Waals surface area (Å²) in [6.45, 7) is 6.35. The monoisotopic (exact) mass is 192 g/mol. The van der Waals surface area contributed by atoms with Crippen LogP contribution in [0.2, 0.25) is 0 Å². The van der Waals surface area contributed by atoms with E-state index >= 15 is 0 Å². The highest BCUT2D eigenvalue weighted by molar-refractivity contribution is 5.45. The van der Waals surface area contributed by atoms with Gasteiger partial charge in [-0.15, -0.1) is 0 Å². The fourth-order valence-corrected chi connectivity index (χ4v) is 1.27. The largest absolute Gasteiger partial charge is 0.383 e. The minimum Gasteiger partial charge on any atom is -0.383 e. The maximum atomic E-state index is 5.77. The van der Waals surface area contributed by atoms with Gasteiger partial charge in [0.05, 0.1) is 0 Å². The first kappa shape index (κ1) is 11.1. The van der Waals surface area contributed by atoms with E-state index in [0.29, 0.717) is 6.04 Å². The summed E-state index contributed by atoms with van der Waals surface area (Å²) in [6, 6.07) is 8.98. The lowest BCUT2D eigenvalue weighted by Gasteiger charge is -2.13. The van der Waals surface area contributed by atoms with E-state index < -0.39 is 0 Å². The lowest BCUT2D eigenvalue weighted by molar-refractivity contribution is 0.763. The van der Waals surface area contributed by atoms with Crippen LogP contribution in [0.4, 0.5) is 5.69 Å². The maximum absolute atomic E-state index is 5.77. The second-order valence-corrected chi connectivity index (χ2v) is 3.86.